The number of rotatable bonds is 5. The zero-order valence-electron chi connectivity index (χ0n) is 17.5. The number of nitrogens with one attached hydrogen (secondary N) is 1. The lowest BCUT2D eigenvalue weighted by molar-refractivity contribution is -0.147. The normalized spacial score (nSPS) is 17.4. The summed E-state index contributed by atoms with van der Waals surface area (Å²) in [5, 5.41) is 12.9. The van der Waals surface area contributed by atoms with Gasteiger partial charge in [0.15, 0.2) is 0 Å². The number of carbonyl (C=O) groups excluding carboxylic acids is 2. The van der Waals surface area contributed by atoms with Gasteiger partial charge in [-0.3, -0.25) is 4.79 Å². The SMILES string of the molecule is CC.CN(O)[C@H](C=O)C(C)(C)C.CNC(C(=O)OC)C1CCCCC1. The lowest BCUT2D eigenvalue weighted by Crippen LogP contribution is -2.42. The Bertz CT molecular complexity index is 348. The van der Waals surface area contributed by atoms with Crippen molar-refractivity contribution in [3.63, 3.8) is 0 Å². The van der Waals surface area contributed by atoms with Crippen molar-refractivity contribution < 1.29 is 19.5 Å². The van der Waals surface area contributed by atoms with Crippen LogP contribution in [0, 0.1) is 11.3 Å². The molecule has 2 N–H and O–H groups in total. The molecule has 6 heteroatoms. The summed E-state index contributed by atoms with van der Waals surface area (Å²) in [6.45, 7) is 9.70. The van der Waals surface area contributed by atoms with Gasteiger partial charge in [-0.2, -0.15) is 5.06 Å². The van der Waals surface area contributed by atoms with Crippen LogP contribution < -0.4 is 5.32 Å². The number of methoxy groups -OCH3 is 1. The Kier molecular flexibility index (Phi) is 14.9. The zero-order valence-corrected chi connectivity index (χ0v) is 17.5. The predicted octanol–water partition coefficient (Wildman–Crippen LogP) is 3.27. The fourth-order valence-electron chi connectivity index (χ4n) is 2.99. The Morgan fingerprint density at radius 2 is 1.72 bits per heavy atom. The summed E-state index contributed by atoms with van der Waals surface area (Å²) in [7, 11) is 4.76. The average Bonchev–Trinajstić information content (AvgIpc) is 2.57. The number of esters is 1. The van der Waals surface area contributed by atoms with E-state index in [0.29, 0.717) is 5.92 Å². The minimum Gasteiger partial charge on any atom is -0.468 e. The van der Waals surface area contributed by atoms with Crippen molar-refractivity contribution in [2.75, 3.05) is 21.2 Å². The first-order valence-electron chi connectivity index (χ1n) is 9.31. The summed E-state index contributed by atoms with van der Waals surface area (Å²) < 4.78 is 4.76. The third-order valence-electron chi connectivity index (χ3n) is 4.31. The Morgan fingerprint density at radius 3 is 1.96 bits per heavy atom. The second-order valence-electron chi connectivity index (χ2n) is 7.21. The minimum atomic E-state index is -0.424. The van der Waals surface area contributed by atoms with E-state index in [1.165, 1.54) is 33.4 Å². The summed E-state index contributed by atoms with van der Waals surface area (Å²) in [5.74, 6) is 0.362. The van der Waals surface area contributed by atoms with Gasteiger partial charge in [-0.1, -0.05) is 53.9 Å². The lowest BCUT2D eigenvalue weighted by atomic mass is 9.84. The molecule has 1 rings (SSSR count). The van der Waals surface area contributed by atoms with Crippen LogP contribution in [0.25, 0.3) is 0 Å². The number of carbonyl (C=O) groups is 2. The van der Waals surface area contributed by atoms with Crippen LogP contribution in [0.1, 0.15) is 66.7 Å². The van der Waals surface area contributed by atoms with E-state index in [-0.39, 0.29) is 17.4 Å². The molecule has 150 valence electrons. The van der Waals surface area contributed by atoms with Crippen molar-refractivity contribution in [1.82, 2.24) is 10.4 Å². The predicted molar refractivity (Wildman–Crippen MR) is 102 cm³/mol. The van der Waals surface area contributed by atoms with Gasteiger partial charge in [0, 0.05) is 7.05 Å². The monoisotopic (exact) mass is 360 g/mol. The van der Waals surface area contributed by atoms with E-state index in [0.717, 1.165) is 24.2 Å². The quantitative estimate of drug-likeness (QED) is 0.445. The third kappa shape index (κ3) is 10.6. The molecule has 6 nitrogen and oxygen atoms in total. The number of nitrogens with zero attached hydrogens (tertiary/aromatic N) is 1. The highest BCUT2D eigenvalue weighted by molar-refractivity contribution is 5.76. The maximum atomic E-state index is 11.4. The van der Waals surface area contributed by atoms with Crippen molar-refractivity contribution in [3.8, 4) is 0 Å². The van der Waals surface area contributed by atoms with E-state index in [1.54, 1.807) is 0 Å². The standard InChI is InChI=1S/C10H19NO2.C7H15NO2.C2H6/c1-11-9(10(12)13-2)8-6-4-3-5-7-8;1-7(2,3)6(5-9)8(4)10;1-2/h8-9,11H,3-7H2,1-2H3;5-6,10H,1-4H3;1-2H3/t;6-;/m.1./s1. The van der Waals surface area contributed by atoms with Crippen molar-refractivity contribution in [2.45, 2.75) is 78.8 Å². The molecule has 1 saturated carbocycles. The Hall–Kier alpha value is -0.980. The smallest absolute Gasteiger partial charge is 0.323 e. The maximum absolute atomic E-state index is 11.4. The van der Waals surface area contributed by atoms with E-state index in [1.807, 2.05) is 41.7 Å². The minimum absolute atomic E-state index is 0.0923. The molecule has 0 heterocycles. The molecule has 2 atom stereocenters. The Balaban J connectivity index is 0. The number of hydroxylamine groups is 2. The molecular formula is C19H40N2O4. The van der Waals surface area contributed by atoms with Gasteiger partial charge < -0.3 is 20.1 Å². The van der Waals surface area contributed by atoms with Gasteiger partial charge in [0.05, 0.1) is 13.2 Å². The first-order chi connectivity index (χ1) is 11.7. The molecule has 0 amide bonds. The molecule has 0 bridgehead atoms. The van der Waals surface area contributed by atoms with Crippen LogP contribution in [0.5, 0.6) is 0 Å². The third-order valence-corrected chi connectivity index (χ3v) is 4.31. The molecular weight excluding hydrogens is 320 g/mol. The van der Waals surface area contributed by atoms with Crippen molar-refractivity contribution in [1.29, 1.82) is 0 Å². The topological polar surface area (TPSA) is 78.9 Å². The molecule has 0 aliphatic heterocycles. The Morgan fingerprint density at radius 1 is 1.24 bits per heavy atom. The number of likely N-dealkylation sites (N-methyl/N-ethyl adjacent to an activating group) is 2. The average molecular weight is 361 g/mol. The van der Waals surface area contributed by atoms with E-state index in [4.69, 9.17) is 9.94 Å². The van der Waals surface area contributed by atoms with E-state index < -0.39 is 6.04 Å². The second-order valence-corrected chi connectivity index (χ2v) is 7.21. The van der Waals surface area contributed by atoms with E-state index in [9.17, 15) is 9.59 Å². The van der Waals surface area contributed by atoms with Gasteiger partial charge in [0.2, 0.25) is 0 Å². The second kappa shape index (κ2) is 14.2. The van der Waals surface area contributed by atoms with Crippen molar-refractivity contribution >= 4 is 12.3 Å². The van der Waals surface area contributed by atoms with Crippen molar-refractivity contribution in [3.05, 3.63) is 0 Å². The highest BCUT2D eigenvalue weighted by atomic mass is 16.5. The number of aldehydes is 1. The molecule has 1 unspecified atom stereocenters. The number of hydrogen-bond acceptors (Lipinski definition) is 6. The van der Waals surface area contributed by atoms with Crippen LogP contribution in [0.3, 0.4) is 0 Å². The highest BCUT2D eigenvalue weighted by Gasteiger charge is 2.28. The summed E-state index contributed by atoms with van der Waals surface area (Å²) >= 11 is 0. The first kappa shape index (κ1) is 26.3. The van der Waals surface area contributed by atoms with Crippen LogP contribution in [0.15, 0.2) is 0 Å². The van der Waals surface area contributed by atoms with Gasteiger partial charge in [-0.05, 0) is 31.2 Å². The van der Waals surface area contributed by atoms with Crippen LogP contribution in [0.4, 0.5) is 0 Å². The summed E-state index contributed by atoms with van der Waals surface area (Å²) in [5.41, 5.74) is -0.203. The molecule has 25 heavy (non-hydrogen) atoms. The number of ether oxygens (including phenoxy) is 1. The summed E-state index contributed by atoms with van der Waals surface area (Å²) in [4.78, 5) is 21.7. The first-order valence-corrected chi connectivity index (χ1v) is 9.31. The van der Waals surface area contributed by atoms with Gasteiger partial charge >= 0.3 is 5.97 Å². The molecule has 0 radical (unpaired) electrons. The zero-order chi connectivity index (χ0) is 20.0. The van der Waals surface area contributed by atoms with Crippen LogP contribution >= 0.6 is 0 Å². The molecule has 1 fully saturated rings. The fraction of sp³-hybridized carbons (Fsp3) is 0.895. The van der Waals surface area contributed by atoms with Crippen LogP contribution in [-0.4, -0.2) is 55.8 Å². The lowest BCUT2D eigenvalue weighted by Gasteiger charge is -2.29. The van der Waals surface area contributed by atoms with Gasteiger partial charge in [-0.25, -0.2) is 0 Å². The summed E-state index contributed by atoms with van der Waals surface area (Å²) in [6, 6.07) is -0.516. The molecule has 0 aromatic heterocycles. The molecule has 1 aliphatic carbocycles. The molecule has 0 aromatic rings. The summed E-state index contributed by atoms with van der Waals surface area (Å²) in [6.07, 6.45) is 6.87. The van der Waals surface area contributed by atoms with Crippen molar-refractivity contribution in [2.24, 2.45) is 11.3 Å². The largest absolute Gasteiger partial charge is 0.468 e. The molecule has 1 aliphatic rings. The Labute approximate surface area is 154 Å². The molecule has 0 spiro atoms. The van der Waals surface area contributed by atoms with E-state index in [2.05, 4.69) is 5.32 Å². The van der Waals surface area contributed by atoms with Crippen LogP contribution in [-0.2, 0) is 14.3 Å². The maximum Gasteiger partial charge on any atom is 0.323 e. The van der Waals surface area contributed by atoms with Gasteiger partial charge in [-0.15, -0.1) is 0 Å². The molecule has 0 aromatic carbocycles. The molecule has 0 saturated heterocycles. The van der Waals surface area contributed by atoms with Gasteiger partial charge in [0.25, 0.3) is 0 Å². The van der Waals surface area contributed by atoms with E-state index >= 15 is 0 Å². The van der Waals surface area contributed by atoms with Crippen LogP contribution in [0.2, 0.25) is 0 Å². The number of hydrogen-bond donors (Lipinski definition) is 2. The highest BCUT2D eigenvalue weighted by Crippen LogP contribution is 2.26. The van der Waals surface area contributed by atoms with Gasteiger partial charge in [0.1, 0.15) is 12.3 Å². The fourth-order valence-corrected chi connectivity index (χ4v) is 2.99.